The second-order valence-corrected chi connectivity index (χ2v) is 8.37. The number of benzene rings is 2. The lowest BCUT2D eigenvalue weighted by molar-refractivity contribution is 0.0535. The fourth-order valence-corrected chi connectivity index (χ4v) is 4.15. The molecular weight excluding hydrogens is 418 g/mol. The molecule has 1 fully saturated rings. The SMILES string of the molecule is CC(C)N1C(=O)c2ccc(C(=O)N3CCN(C(=O)c4cccc(Cl)c4)CC3)cc2C1=O. The minimum Gasteiger partial charge on any atom is -0.335 e. The molecule has 0 unspecified atom stereocenters. The van der Waals surface area contributed by atoms with E-state index in [0.717, 1.165) is 0 Å². The van der Waals surface area contributed by atoms with Crippen molar-refractivity contribution >= 4 is 35.2 Å². The van der Waals surface area contributed by atoms with E-state index in [-0.39, 0.29) is 35.2 Å². The van der Waals surface area contributed by atoms with E-state index >= 15 is 0 Å². The third-order valence-corrected chi connectivity index (χ3v) is 5.84. The summed E-state index contributed by atoms with van der Waals surface area (Å²) in [5, 5.41) is 0.500. The highest BCUT2D eigenvalue weighted by Gasteiger charge is 2.38. The zero-order valence-electron chi connectivity index (χ0n) is 17.3. The van der Waals surface area contributed by atoms with Gasteiger partial charge in [-0.15, -0.1) is 0 Å². The van der Waals surface area contributed by atoms with Crippen LogP contribution in [0, 0.1) is 0 Å². The van der Waals surface area contributed by atoms with E-state index in [1.807, 2.05) is 0 Å². The molecule has 0 aliphatic carbocycles. The van der Waals surface area contributed by atoms with Crippen LogP contribution >= 0.6 is 11.6 Å². The summed E-state index contributed by atoms with van der Waals surface area (Å²) in [5.41, 5.74) is 1.47. The van der Waals surface area contributed by atoms with Crippen molar-refractivity contribution in [3.05, 3.63) is 69.7 Å². The number of imide groups is 1. The van der Waals surface area contributed by atoms with Crippen LogP contribution in [-0.4, -0.2) is 70.5 Å². The number of hydrogen-bond acceptors (Lipinski definition) is 4. The van der Waals surface area contributed by atoms with E-state index < -0.39 is 0 Å². The maximum atomic E-state index is 13.0. The van der Waals surface area contributed by atoms with Gasteiger partial charge in [-0.2, -0.15) is 0 Å². The monoisotopic (exact) mass is 439 g/mol. The van der Waals surface area contributed by atoms with Crippen LogP contribution in [0.4, 0.5) is 0 Å². The maximum absolute atomic E-state index is 13.0. The Kier molecular flexibility index (Phi) is 5.54. The molecule has 31 heavy (non-hydrogen) atoms. The van der Waals surface area contributed by atoms with Gasteiger partial charge in [0.15, 0.2) is 0 Å². The van der Waals surface area contributed by atoms with Crippen molar-refractivity contribution in [3.63, 3.8) is 0 Å². The van der Waals surface area contributed by atoms with Crippen LogP contribution in [-0.2, 0) is 0 Å². The lowest BCUT2D eigenvalue weighted by Crippen LogP contribution is -2.50. The van der Waals surface area contributed by atoms with Crippen LogP contribution in [0.3, 0.4) is 0 Å². The van der Waals surface area contributed by atoms with Gasteiger partial charge in [0.25, 0.3) is 23.6 Å². The van der Waals surface area contributed by atoms with Crippen LogP contribution in [0.1, 0.15) is 55.3 Å². The summed E-state index contributed by atoms with van der Waals surface area (Å²) in [6, 6.07) is 11.2. The number of carbonyl (C=O) groups is 4. The number of amides is 4. The van der Waals surface area contributed by atoms with Gasteiger partial charge in [-0.05, 0) is 50.2 Å². The largest absolute Gasteiger partial charge is 0.335 e. The van der Waals surface area contributed by atoms with Crippen molar-refractivity contribution in [2.24, 2.45) is 0 Å². The normalized spacial score (nSPS) is 16.2. The zero-order chi connectivity index (χ0) is 22.3. The van der Waals surface area contributed by atoms with Gasteiger partial charge in [0.05, 0.1) is 11.1 Å². The van der Waals surface area contributed by atoms with Crippen molar-refractivity contribution in [2.75, 3.05) is 26.2 Å². The van der Waals surface area contributed by atoms with E-state index in [9.17, 15) is 19.2 Å². The first-order valence-electron chi connectivity index (χ1n) is 10.1. The Hall–Kier alpha value is -3.19. The molecule has 4 rings (SSSR count). The zero-order valence-corrected chi connectivity index (χ0v) is 18.1. The van der Waals surface area contributed by atoms with Crippen LogP contribution in [0.5, 0.6) is 0 Å². The minimum absolute atomic E-state index is 0.120. The Bertz CT molecular complexity index is 1090. The van der Waals surface area contributed by atoms with E-state index in [2.05, 4.69) is 0 Å². The summed E-state index contributed by atoms with van der Waals surface area (Å²) in [7, 11) is 0. The smallest absolute Gasteiger partial charge is 0.261 e. The van der Waals surface area contributed by atoms with E-state index in [1.165, 1.54) is 11.0 Å². The standard InChI is InChI=1S/C23H22ClN3O4/c1-14(2)27-22(30)18-7-6-16(13-19(18)23(27)31)21(29)26-10-8-25(9-11-26)20(28)15-4-3-5-17(24)12-15/h3-7,12-14H,8-11H2,1-2H3. The third kappa shape index (κ3) is 3.81. The average molecular weight is 440 g/mol. The van der Waals surface area contributed by atoms with Crippen LogP contribution in [0.15, 0.2) is 42.5 Å². The van der Waals surface area contributed by atoms with Crippen molar-refractivity contribution in [1.82, 2.24) is 14.7 Å². The third-order valence-electron chi connectivity index (χ3n) is 5.61. The molecule has 2 aliphatic heterocycles. The number of rotatable bonds is 3. The quantitative estimate of drug-likeness (QED) is 0.689. The highest BCUT2D eigenvalue weighted by Crippen LogP contribution is 2.26. The summed E-state index contributed by atoms with van der Waals surface area (Å²) in [4.78, 5) is 55.3. The Morgan fingerprint density at radius 1 is 0.806 bits per heavy atom. The first-order valence-corrected chi connectivity index (χ1v) is 10.5. The highest BCUT2D eigenvalue weighted by atomic mass is 35.5. The van der Waals surface area contributed by atoms with Gasteiger partial charge in [-0.25, -0.2) is 0 Å². The number of halogens is 1. The Balaban J connectivity index is 1.45. The van der Waals surface area contributed by atoms with Crippen LogP contribution in [0.2, 0.25) is 5.02 Å². The molecule has 0 atom stereocenters. The lowest BCUT2D eigenvalue weighted by Gasteiger charge is -2.35. The van der Waals surface area contributed by atoms with Crippen molar-refractivity contribution in [1.29, 1.82) is 0 Å². The van der Waals surface area contributed by atoms with E-state index in [4.69, 9.17) is 11.6 Å². The summed E-state index contributed by atoms with van der Waals surface area (Å²) in [6.07, 6.45) is 0. The molecule has 4 amide bonds. The van der Waals surface area contributed by atoms with Gasteiger partial charge >= 0.3 is 0 Å². The van der Waals surface area contributed by atoms with Gasteiger partial charge in [-0.1, -0.05) is 17.7 Å². The molecule has 2 aromatic carbocycles. The predicted octanol–water partition coefficient (Wildman–Crippen LogP) is 2.94. The van der Waals surface area contributed by atoms with Crippen molar-refractivity contribution in [2.45, 2.75) is 19.9 Å². The molecule has 0 saturated carbocycles. The van der Waals surface area contributed by atoms with Crippen molar-refractivity contribution < 1.29 is 19.2 Å². The fourth-order valence-electron chi connectivity index (χ4n) is 3.96. The molecule has 160 valence electrons. The van der Waals surface area contributed by atoms with E-state index in [0.29, 0.717) is 47.9 Å². The molecule has 7 nitrogen and oxygen atoms in total. The predicted molar refractivity (Wildman–Crippen MR) is 115 cm³/mol. The van der Waals surface area contributed by atoms with Gasteiger partial charge in [0, 0.05) is 48.4 Å². The second kappa shape index (κ2) is 8.15. The molecule has 0 N–H and O–H groups in total. The maximum Gasteiger partial charge on any atom is 0.261 e. The highest BCUT2D eigenvalue weighted by molar-refractivity contribution is 6.31. The molecular formula is C23H22ClN3O4. The summed E-state index contributed by atoms with van der Waals surface area (Å²) in [6.45, 7) is 5.12. The molecule has 8 heteroatoms. The molecule has 2 aromatic rings. The number of carbonyl (C=O) groups excluding carboxylic acids is 4. The molecule has 0 spiro atoms. The minimum atomic E-state index is -0.374. The molecule has 0 aromatic heterocycles. The Morgan fingerprint density at radius 3 is 1.90 bits per heavy atom. The first kappa shape index (κ1) is 21.1. The number of piperazine rings is 1. The topological polar surface area (TPSA) is 78.0 Å². The van der Waals surface area contributed by atoms with Gasteiger partial charge < -0.3 is 9.80 Å². The van der Waals surface area contributed by atoms with Gasteiger partial charge in [0.2, 0.25) is 0 Å². The number of fused-ring (bicyclic) bond motifs is 1. The number of nitrogens with zero attached hydrogens (tertiary/aromatic N) is 3. The molecule has 2 heterocycles. The van der Waals surface area contributed by atoms with Crippen LogP contribution < -0.4 is 0 Å². The molecule has 0 bridgehead atoms. The molecule has 2 aliphatic rings. The number of hydrogen-bond donors (Lipinski definition) is 0. The fraction of sp³-hybridized carbons (Fsp3) is 0.304. The summed E-state index contributed by atoms with van der Waals surface area (Å²) >= 11 is 5.97. The molecule has 1 saturated heterocycles. The Morgan fingerprint density at radius 2 is 1.35 bits per heavy atom. The van der Waals surface area contributed by atoms with Crippen molar-refractivity contribution in [3.8, 4) is 0 Å². The summed E-state index contributed by atoms with van der Waals surface area (Å²) in [5.74, 6) is -1.05. The second-order valence-electron chi connectivity index (χ2n) is 7.93. The first-order chi connectivity index (χ1) is 14.8. The van der Waals surface area contributed by atoms with E-state index in [1.54, 1.807) is 60.0 Å². The van der Waals surface area contributed by atoms with Gasteiger partial charge in [0.1, 0.15) is 0 Å². The Labute approximate surface area is 185 Å². The van der Waals surface area contributed by atoms with Crippen LogP contribution in [0.25, 0.3) is 0 Å². The van der Waals surface area contributed by atoms with Gasteiger partial charge in [-0.3, -0.25) is 24.1 Å². The average Bonchev–Trinajstić information content (AvgIpc) is 3.02. The lowest BCUT2D eigenvalue weighted by atomic mass is 10.0. The molecule has 0 radical (unpaired) electrons. The summed E-state index contributed by atoms with van der Waals surface area (Å²) < 4.78 is 0.